The van der Waals surface area contributed by atoms with Gasteiger partial charge in [0.05, 0.1) is 12.2 Å². The van der Waals surface area contributed by atoms with E-state index in [1.54, 1.807) is 19.1 Å². The van der Waals surface area contributed by atoms with Gasteiger partial charge in [0, 0.05) is 0 Å². The van der Waals surface area contributed by atoms with Gasteiger partial charge in [-0.2, -0.15) is 18.3 Å². The predicted molar refractivity (Wildman–Crippen MR) is 77.8 cm³/mol. The summed E-state index contributed by atoms with van der Waals surface area (Å²) < 4.78 is 39.7. The van der Waals surface area contributed by atoms with Crippen LogP contribution in [0.25, 0.3) is 0 Å². The van der Waals surface area contributed by atoms with Gasteiger partial charge in [-0.3, -0.25) is 20.1 Å². The summed E-state index contributed by atoms with van der Waals surface area (Å²) in [5.74, 6) is -0.0676. The van der Waals surface area contributed by atoms with Crippen LogP contribution in [0.1, 0.15) is 23.9 Å². The number of aliphatic imine (C=N–C) groups is 1. The van der Waals surface area contributed by atoms with E-state index in [-0.39, 0.29) is 29.0 Å². The fraction of sp³-hybridized carbons (Fsp3) is 0.286. The lowest BCUT2D eigenvalue weighted by atomic mass is 9.91. The summed E-state index contributed by atoms with van der Waals surface area (Å²) in [5.41, 5.74) is 4.52. The summed E-state index contributed by atoms with van der Waals surface area (Å²) in [6.07, 6.45) is -4.57. The van der Waals surface area contributed by atoms with Crippen molar-refractivity contribution in [3.05, 3.63) is 47.3 Å². The number of rotatable bonds is 2. The highest BCUT2D eigenvalue weighted by atomic mass is 19.4. The van der Waals surface area contributed by atoms with E-state index < -0.39 is 17.4 Å². The van der Waals surface area contributed by atoms with Crippen molar-refractivity contribution in [2.75, 3.05) is 5.23 Å². The smallest absolute Gasteiger partial charge is 0.382 e. The summed E-state index contributed by atoms with van der Waals surface area (Å²) >= 11 is 0. The molecule has 1 aromatic carbocycles. The normalized spacial score (nSPS) is 20.5. The maximum Gasteiger partial charge on any atom is 0.435 e. The average molecular weight is 341 g/mol. The van der Waals surface area contributed by atoms with Crippen molar-refractivity contribution < 1.29 is 23.6 Å². The Morgan fingerprint density at radius 1 is 1.29 bits per heavy atom. The fourth-order valence-corrected chi connectivity index (χ4v) is 2.65. The number of fused-ring (bicyclic) bond motifs is 1. The van der Waals surface area contributed by atoms with Gasteiger partial charge in [0.15, 0.2) is 5.69 Å². The SMILES string of the molecule is C[C@]1(c2cccc(N(O)O)c2)Cn2nc(C(F)(F)F)cc2C(N)=N1. The number of benzene rings is 1. The van der Waals surface area contributed by atoms with Gasteiger partial charge in [0.1, 0.15) is 17.1 Å². The van der Waals surface area contributed by atoms with E-state index in [2.05, 4.69) is 10.1 Å². The van der Waals surface area contributed by atoms with Crippen molar-refractivity contribution in [3.8, 4) is 0 Å². The molecule has 128 valence electrons. The van der Waals surface area contributed by atoms with Gasteiger partial charge >= 0.3 is 6.18 Å². The van der Waals surface area contributed by atoms with Gasteiger partial charge in [-0.05, 0) is 30.7 Å². The van der Waals surface area contributed by atoms with Crippen LogP contribution in [0, 0.1) is 0 Å². The molecule has 0 spiro atoms. The van der Waals surface area contributed by atoms with Crippen molar-refractivity contribution in [2.45, 2.75) is 25.2 Å². The molecule has 0 saturated heterocycles. The molecule has 24 heavy (non-hydrogen) atoms. The fourth-order valence-electron chi connectivity index (χ4n) is 2.65. The third-order valence-corrected chi connectivity index (χ3v) is 3.86. The molecule has 1 aliphatic rings. The summed E-state index contributed by atoms with van der Waals surface area (Å²) in [4.78, 5) is 4.31. The van der Waals surface area contributed by atoms with Gasteiger partial charge < -0.3 is 5.73 Å². The second-order valence-electron chi connectivity index (χ2n) is 5.68. The molecule has 1 aliphatic heterocycles. The van der Waals surface area contributed by atoms with Crippen LogP contribution in [-0.4, -0.2) is 26.0 Å². The quantitative estimate of drug-likeness (QED) is 0.727. The van der Waals surface area contributed by atoms with E-state index in [0.29, 0.717) is 5.56 Å². The van der Waals surface area contributed by atoms with Crippen LogP contribution < -0.4 is 11.0 Å². The molecule has 7 nitrogen and oxygen atoms in total. The van der Waals surface area contributed by atoms with Gasteiger partial charge in [0.2, 0.25) is 0 Å². The Morgan fingerprint density at radius 3 is 2.62 bits per heavy atom. The first-order chi connectivity index (χ1) is 11.1. The molecule has 0 fully saturated rings. The monoisotopic (exact) mass is 341 g/mol. The van der Waals surface area contributed by atoms with Crippen LogP contribution in [0.15, 0.2) is 35.3 Å². The highest BCUT2D eigenvalue weighted by molar-refractivity contribution is 5.97. The zero-order valence-electron chi connectivity index (χ0n) is 12.5. The number of anilines is 1. The Kier molecular flexibility index (Phi) is 3.53. The molecule has 0 aliphatic carbocycles. The lowest BCUT2D eigenvalue weighted by Gasteiger charge is -2.31. The maximum atomic E-state index is 12.8. The van der Waals surface area contributed by atoms with E-state index in [1.807, 2.05) is 0 Å². The van der Waals surface area contributed by atoms with E-state index in [1.165, 1.54) is 12.1 Å². The Hall–Kier alpha value is -2.59. The highest BCUT2D eigenvalue weighted by Crippen LogP contribution is 2.35. The van der Waals surface area contributed by atoms with Gasteiger partial charge in [0.25, 0.3) is 0 Å². The molecule has 0 amide bonds. The number of hydrogen-bond donors (Lipinski definition) is 3. The molecule has 0 radical (unpaired) electrons. The topological polar surface area (TPSA) is 99.9 Å². The van der Waals surface area contributed by atoms with Crippen LogP contribution in [-0.2, 0) is 18.3 Å². The van der Waals surface area contributed by atoms with Gasteiger partial charge in [-0.1, -0.05) is 12.1 Å². The molecular weight excluding hydrogens is 327 g/mol. The first kappa shape index (κ1) is 16.3. The Morgan fingerprint density at radius 2 is 2.00 bits per heavy atom. The van der Waals surface area contributed by atoms with Crippen LogP contribution in [0.4, 0.5) is 18.9 Å². The molecule has 4 N–H and O–H groups in total. The van der Waals surface area contributed by atoms with Crippen molar-refractivity contribution in [2.24, 2.45) is 10.7 Å². The summed E-state index contributed by atoms with van der Waals surface area (Å²) in [5, 5.41) is 21.8. The van der Waals surface area contributed by atoms with Crippen molar-refractivity contribution in [1.82, 2.24) is 9.78 Å². The average Bonchev–Trinajstić information content (AvgIpc) is 2.91. The van der Waals surface area contributed by atoms with Crippen LogP contribution in [0.2, 0.25) is 0 Å². The summed E-state index contributed by atoms with van der Waals surface area (Å²) in [7, 11) is 0. The Bertz CT molecular complexity index is 815. The summed E-state index contributed by atoms with van der Waals surface area (Å²) in [6.45, 7) is 1.70. The zero-order valence-corrected chi connectivity index (χ0v) is 12.5. The first-order valence-corrected chi connectivity index (χ1v) is 6.89. The second-order valence-corrected chi connectivity index (χ2v) is 5.68. The molecule has 10 heteroatoms. The van der Waals surface area contributed by atoms with Crippen molar-refractivity contribution in [3.63, 3.8) is 0 Å². The van der Waals surface area contributed by atoms with E-state index >= 15 is 0 Å². The number of hydrogen-bond acceptors (Lipinski definition) is 6. The highest BCUT2D eigenvalue weighted by Gasteiger charge is 2.39. The molecule has 1 atom stereocenters. The first-order valence-electron chi connectivity index (χ1n) is 6.89. The number of alkyl halides is 3. The molecule has 3 rings (SSSR count). The molecule has 2 aromatic rings. The van der Waals surface area contributed by atoms with Crippen molar-refractivity contribution in [1.29, 1.82) is 0 Å². The van der Waals surface area contributed by atoms with E-state index in [9.17, 15) is 13.2 Å². The second kappa shape index (κ2) is 5.21. The molecular formula is C14H14F3N5O2. The lowest BCUT2D eigenvalue weighted by Crippen LogP contribution is -2.37. The zero-order chi connectivity index (χ0) is 17.7. The number of nitrogens with zero attached hydrogens (tertiary/aromatic N) is 4. The van der Waals surface area contributed by atoms with Crippen molar-refractivity contribution >= 4 is 11.5 Å². The molecule has 1 aromatic heterocycles. The summed E-state index contributed by atoms with van der Waals surface area (Å²) in [6, 6.07) is 7.00. The minimum atomic E-state index is -4.57. The van der Waals surface area contributed by atoms with E-state index in [0.717, 1.165) is 10.7 Å². The lowest BCUT2D eigenvalue weighted by molar-refractivity contribution is -0.141. The molecule has 2 heterocycles. The standard InChI is InChI=1S/C14H14F3N5O2/c1-13(8-3-2-4-9(5-8)22(23)24)7-21-10(12(18)19-13)6-11(20-21)14(15,16)17/h2-6,23-24H,7H2,1H3,(H2,18,19)/t13-/m1/s1. The maximum absolute atomic E-state index is 12.8. The van der Waals surface area contributed by atoms with Crippen LogP contribution >= 0.6 is 0 Å². The van der Waals surface area contributed by atoms with Gasteiger partial charge in [-0.15, -0.1) is 5.23 Å². The minimum absolute atomic E-state index is 0.0272. The molecule has 0 unspecified atom stereocenters. The molecule has 0 saturated carbocycles. The van der Waals surface area contributed by atoms with Crippen LogP contribution in [0.3, 0.4) is 0 Å². The van der Waals surface area contributed by atoms with Gasteiger partial charge in [-0.25, -0.2) is 0 Å². The number of aromatic nitrogens is 2. The predicted octanol–water partition coefficient (Wildman–Crippen LogP) is 2.12. The van der Waals surface area contributed by atoms with Crippen LogP contribution in [0.5, 0.6) is 0 Å². The third kappa shape index (κ3) is 2.69. The molecule has 0 bridgehead atoms. The number of halogens is 3. The largest absolute Gasteiger partial charge is 0.435 e. The van der Waals surface area contributed by atoms with E-state index in [4.69, 9.17) is 16.1 Å². The Balaban J connectivity index is 2.04. The third-order valence-electron chi connectivity index (χ3n) is 3.86. The number of nitrogens with two attached hydrogens (primary N) is 1. The minimum Gasteiger partial charge on any atom is -0.382 e. The Labute approximate surface area is 134 Å². The number of amidine groups is 1.